The van der Waals surface area contributed by atoms with E-state index in [1.54, 1.807) is 11.8 Å². The molecular weight excluding hydrogens is 372 g/mol. The second kappa shape index (κ2) is 9.79. The molecule has 0 unspecified atom stereocenters. The van der Waals surface area contributed by atoms with Crippen LogP contribution in [0.2, 0.25) is 0 Å². The largest absolute Gasteiger partial charge is 0.366 e. The number of carbonyl (C=O) groups is 1. The minimum Gasteiger partial charge on any atom is -0.366 e. The average molecular weight is 395 g/mol. The van der Waals surface area contributed by atoms with Gasteiger partial charge in [-0.3, -0.25) is 4.79 Å². The molecule has 0 saturated carbocycles. The van der Waals surface area contributed by atoms with Gasteiger partial charge in [-0.05, 0) is 55.4 Å². The Kier molecular flexibility index (Phi) is 7.16. The normalized spacial score (nSPS) is 10.7. The van der Waals surface area contributed by atoms with Crippen molar-refractivity contribution in [3.8, 4) is 0 Å². The van der Waals surface area contributed by atoms with Crippen molar-refractivity contribution < 1.29 is 9.53 Å². The lowest BCUT2D eigenvalue weighted by Crippen LogP contribution is -1.94. The lowest BCUT2D eigenvalue weighted by atomic mass is 10.2. The van der Waals surface area contributed by atoms with E-state index in [-0.39, 0.29) is 5.12 Å². The van der Waals surface area contributed by atoms with E-state index in [9.17, 15) is 4.79 Å². The highest BCUT2D eigenvalue weighted by Crippen LogP contribution is 2.24. The zero-order chi connectivity index (χ0) is 19.1. The van der Waals surface area contributed by atoms with Gasteiger partial charge in [-0.1, -0.05) is 71.4 Å². The standard InChI is InChI=1S/C23H22O2S2/c1-17-3-9-20(10-4-17)23(24)27-22-13-7-19(8-14-22)15-25-16-26-21-11-5-18(2)6-12-21/h3-14H,15-16H2,1-2H3. The SMILES string of the molecule is Cc1ccc(SCOCc2ccc(SC(=O)c3ccc(C)cc3)cc2)cc1. The molecule has 0 atom stereocenters. The minimum absolute atomic E-state index is 0.0634. The molecule has 0 heterocycles. The maximum Gasteiger partial charge on any atom is 0.224 e. The van der Waals surface area contributed by atoms with E-state index >= 15 is 0 Å². The summed E-state index contributed by atoms with van der Waals surface area (Å²) >= 11 is 2.94. The Morgan fingerprint density at radius 2 is 1.33 bits per heavy atom. The van der Waals surface area contributed by atoms with Gasteiger partial charge in [0.2, 0.25) is 5.12 Å². The summed E-state index contributed by atoms with van der Waals surface area (Å²) in [4.78, 5) is 14.5. The molecule has 3 aromatic rings. The van der Waals surface area contributed by atoms with Gasteiger partial charge in [0.1, 0.15) is 0 Å². The van der Waals surface area contributed by atoms with Gasteiger partial charge in [0.15, 0.2) is 0 Å². The van der Waals surface area contributed by atoms with Crippen molar-refractivity contribution in [2.75, 3.05) is 5.94 Å². The van der Waals surface area contributed by atoms with E-state index < -0.39 is 0 Å². The van der Waals surface area contributed by atoms with Crippen LogP contribution in [0.25, 0.3) is 0 Å². The number of hydrogen-bond acceptors (Lipinski definition) is 4. The van der Waals surface area contributed by atoms with Gasteiger partial charge >= 0.3 is 0 Å². The van der Waals surface area contributed by atoms with Crippen LogP contribution in [-0.4, -0.2) is 11.1 Å². The Morgan fingerprint density at radius 3 is 1.96 bits per heavy atom. The number of carbonyl (C=O) groups excluding carboxylic acids is 1. The average Bonchev–Trinajstić information content (AvgIpc) is 2.68. The molecule has 0 fully saturated rings. The van der Waals surface area contributed by atoms with Crippen LogP contribution in [0.3, 0.4) is 0 Å². The Bertz CT molecular complexity index is 870. The van der Waals surface area contributed by atoms with E-state index in [4.69, 9.17) is 4.74 Å². The molecule has 0 saturated heterocycles. The fourth-order valence-electron chi connectivity index (χ4n) is 2.41. The van der Waals surface area contributed by atoms with Gasteiger partial charge < -0.3 is 4.74 Å². The number of benzene rings is 3. The Balaban J connectivity index is 1.45. The fourth-order valence-corrected chi connectivity index (χ4v) is 3.78. The molecule has 0 radical (unpaired) electrons. The van der Waals surface area contributed by atoms with Crippen molar-refractivity contribution in [2.45, 2.75) is 30.2 Å². The first-order valence-corrected chi connectivity index (χ1v) is 10.6. The number of hydrogen-bond donors (Lipinski definition) is 0. The molecule has 0 aromatic heterocycles. The van der Waals surface area contributed by atoms with E-state index in [1.165, 1.54) is 22.2 Å². The maximum absolute atomic E-state index is 12.3. The van der Waals surface area contributed by atoms with Crippen LogP contribution in [0.1, 0.15) is 27.0 Å². The van der Waals surface area contributed by atoms with Crippen molar-refractivity contribution in [1.29, 1.82) is 0 Å². The summed E-state index contributed by atoms with van der Waals surface area (Å²) in [7, 11) is 0. The summed E-state index contributed by atoms with van der Waals surface area (Å²) in [6.07, 6.45) is 0. The van der Waals surface area contributed by atoms with Crippen LogP contribution in [-0.2, 0) is 11.3 Å². The van der Waals surface area contributed by atoms with Crippen molar-refractivity contribution in [1.82, 2.24) is 0 Å². The van der Waals surface area contributed by atoms with E-state index in [2.05, 4.69) is 31.2 Å². The molecule has 0 amide bonds. The molecule has 0 bridgehead atoms. The maximum atomic E-state index is 12.3. The van der Waals surface area contributed by atoms with Gasteiger partial charge in [0.05, 0.1) is 12.5 Å². The topological polar surface area (TPSA) is 26.3 Å². The highest BCUT2D eigenvalue weighted by atomic mass is 32.2. The molecule has 3 rings (SSSR count). The predicted molar refractivity (Wildman–Crippen MR) is 115 cm³/mol. The second-order valence-corrected chi connectivity index (χ2v) is 8.37. The first-order chi connectivity index (χ1) is 13.1. The van der Waals surface area contributed by atoms with Gasteiger partial charge in [0.25, 0.3) is 0 Å². The summed E-state index contributed by atoms with van der Waals surface area (Å²) in [5.41, 5.74) is 4.25. The number of thioether (sulfide) groups is 2. The molecular formula is C23H22O2S2. The van der Waals surface area contributed by atoms with Gasteiger partial charge in [-0.25, -0.2) is 0 Å². The molecule has 27 heavy (non-hydrogen) atoms. The highest BCUT2D eigenvalue weighted by Gasteiger charge is 2.08. The highest BCUT2D eigenvalue weighted by molar-refractivity contribution is 8.14. The number of rotatable bonds is 7. The third kappa shape index (κ3) is 6.28. The summed E-state index contributed by atoms with van der Waals surface area (Å²) in [5.74, 6) is 0.617. The van der Waals surface area contributed by atoms with Crippen LogP contribution < -0.4 is 0 Å². The molecule has 4 heteroatoms. The van der Waals surface area contributed by atoms with Crippen LogP contribution >= 0.6 is 23.5 Å². The molecule has 0 spiro atoms. The molecule has 0 N–H and O–H groups in total. The first-order valence-electron chi connectivity index (χ1n) is 8.75. The summed E-state index contributed by atoms with van der Waals surface area (Å²) in [6.45, 7) is 4.67. The lowest BCUT2D eigenvalue weighted by Gasteiger charge is -2.06. The van der Waals surface area contributed by atoms with Crippen molar-refractivity contribution in [3.05, 3.63) is 95.1 Å². The molecule has 0 aliphatic rings. The van der Waals surface area contributed by atoms with E-state index in [1.807, 2.05) is 55.5 Å². The molecule has 0 aliphatic heterocycles. The molecule has 0 aliphatic carbocycles. The van der Waals surface area contributed by atoms with E-state index in [0.717, 1.165) is 21.6 Å². The van der Waals surface area contributed by atoms with Gasteiger partial charge in [0, 0.05) is 15.4 Å². The zero-order valence-corrected chi connectivity index (χ0v) is 17.1. The molecule has 3 aromatic carbocycles. The van der Waals surface area contributed by atoms with Crippen molar-refractivity contribution in [2.24, 2.45) is 0 Å². The van der Waals surface area contributed by atoms with E-state index in [0.29, 0.717) is 12.5 Å². The Labute approximate surface area is 169 Å². The Morgan fingerprint density at radius 1 is 0.778 bits per heavy atom. The summed E-state index contributed by atoms with van der Waals surface area (Å²) < 4.78 is 5.74. The van der Waals surface area contributed by atoms with Crippen LogP contribution in [0.4, 0.5) is 0 Å². The summed E-state index contributed by atoms with van der Waals surface area (Å²) in [5, 5.41) is 0.0634. The quantitative estimate of drug-likeness (QED) is 0.259. The first kappa shape index (κ1) is 19.7. The summed E-state index contributed by atoms with van der Waals surface area (Å²) in [6, 6.07) is 24.1. The number of aryl methyl sites for hydroxylation is 2. The van der Waals surface area contributed by atoms with Crippen LogP contribution in [0, 0.1) is 13.8 Å². The molecule has 138 valence electrons. The smallest absolute Gasteiger partial charge is 0.224 e. The van der Waals surface area contributed by atoms with Crippen molar-refractivity contribution in [3.63, 3.8) is 0 Å². The predicted octanol–water partition coefficient (Wildman–Crippen LogP) is 6.50. The third-order valence-corrected chi connectivity index (χ3v) is 5.84. The lowest BCUT2D eigenvalue weighted by molar-refractivity contribution is 0.108. The second-order valence-electron chi connectivity index (χ2n) is 6.32. The zero-order valence-electron chi connectivity index (χ0n) is 15.5. The van der Waals surface area contributed by atoms with Gasteiger partial charge in [-0.2, -0.15) is 0 Å². The molecule has 2 nitrogen and oxygen atoms in total. The van der Waals surface area contributed by atoms with Crippen LogP contribution in [0.15, 0.2) is 82.6 Å². The van der Waals surface area contributed by atoms with Crippen LogP contribution in [0.5, 0.6) is 0 Å². The minimum atomic E-state index is 0.0634. The fraction of sp³-hybridized carbons (Fsp3) is 0.174. The monoisotopic (exact) mass is 394 g/mol. The third-order valence-electron chi connectivity index (χ3n) is 4.02. The number of ether oxygens (including phenoxy) is 1. The Hall–Kier alpha value is -2.01. The van der Waals surface area contributed by atoms with Crippen molar-refractivity contribution >= 4 is 28.6 Å². The van der Waals surface area contributed by atoms with Gasteiger partial charge in [-0.15, -0.1) is 0 Å².